The van der Waals surface area contributed by atoms with Gasteiger partial charge in [-0.25, -0.2) is 14.4 Å². The summed E-state index contributed by atoms with van der Waals surface area (Å²) in [7, 11) is 0. The number of nitrogens with zero attached hydrogens (tertiary/aromatic N) is 2. The van der Waals surface area contributed by atoms with Crippen molar-refractivity contribution in [3.05, 3.63) is 53.7 Å². The van der Waals surface area contributed by atoms with Crippen molar-refractivity contribution in [3.8, 4) is 0 Å². The molecule has 0 amide bonds. The summed E-state index contributed by atoms with van der Waals surface area (Å²) in [6.45, 7) is 4.74. The molecule has 1 heterocycles. The molecule has 0 aliphatic rings. The number of halogens is 1. The van der Waals surface area contributed by atoms with Gasteiger partial charge in [0.15, 0.2) is 11.6 Å². The van der Waals surface area contributed by atoms with Gasteiger partial charge in [-0.3, -0.25) is 0 Å². The average molecular weight is 273 g/mol. The van der Waals surface area contributed by atoms with Crippen LogP contribution in [-0.4, -0.2) is 16.5 Å². The molecule has 2 aromatic rings. The van der Waals surface area contributed by atoms with Crippen molar-refractivity contribution in [1.29, 1.82) is 0 Å². The maximum Gasteiger partial charge on any atom is 0.186 e. The van der Waals surface area contributed by atoms with E-state index in [4.69, 9.17) is 0 Å². The summed E-state index contributed by atoms with van der Waals surface area (Å²) >= 11 is 0. The molecule has 0 radical (unpaired) electrons. The van der Waals surface area contributed by atoms with Gasteiger partial charge in [0.05, 0.1) is 5.69 Å². The third kappa shape index (κ3) is 3.53. The lowest BCUT2D eigenvalue weighted by Gasteiger charge is -2.13. The Balaban J connectivity index is 1.90. The Kier molecular flexibility index (Phi) is 5.04. The van der Waals surface area contributed by atoms with Crippen LogP contribution < -0.4 is 5.32 Å². The molecule has 1 N–H and O–H groups in total. The number of benzene rings is 1. The first kappa shape index (κ1) is 14.4. The van der Waals surface area contributed by atoms with Gasteiger partial charge < -0.3 is 5.32 Å². The fourth-order valence-electron chi connectivity index (χ4n) is 2.13. The van der Waals surface area contributed by atoms with Crippen LogP contribution in [0.2, 0.25) is 0 Å². The lowest BCUT2D eigenvalue weighted by atomic mass is 9.98. The highest BCUT2D eigenvalue weighted by Crippen LogP contribution is 2.19. The van der Waals surface area contributed by atoms with E-state index < -0.39 is 0 Å². The number of rotatable bonds is 6. The molecule has 1 atom stereocenters. The first-order valence-electron chi connectivity index (χ1n) is 7.00. The summed E-state index contributed by atoms with van der Waals surface area (Å²) in [5.41, 5.74) is 1.75. The van der Waals surface area contributed by atoms with Crippen LogP contribution in [0.4, 0.5) is 10.2 Å². The van der Waals surface area contributed by atoms with Crippen LogP contribution in [0.3, 0.4) is 0 Å². The molecular weight excluding hydrogens is 253 g/mol. The number of hydrogen-bond donors (Lipinski definition) is 1. The Labute approximate surface area is 119 Å². The van der Waals surface area contributed by atoms with Crippen LogP contribution >= 0.6 is 0 Å². The smallest absolute Gasteiger partial charge is 0.186 e. The molecular formula is C16H20FN3. The highest BCUT2D eigenvalue weighted by atomic mass is 19.1. The van der Waals surface area contributed by atoms with Crippen LogP contribution in [0.25, 0.3) is 0 Å². The highest BCUT2D eigenvalue weighted by Gasteiger charge is 2.10. The van der Waals surface area contributed by atoms with Gasteiger partial charge in [0.2, 0.25) is 0 Å². The van der Waals surface area contributed by atoms with Crippen molar-refractivity contribution >= 4 is 5.82 Å². The zero-order valence-corrected chi connectivity index (χ0v) is 11.9. The molecule has 2 rings (SSSR count). The van der Waals surface area contributed by atoms with Gasteiger partial charge in [-0.2, -0.15) is 0 Å². The highest BCUT2D eigenvalue weighted by molar-refractivity contribution is 5.37. The third-order valence-electron chi connectivity index (χ3n) is 3.43. The van der Waals surface area contributed by atoms with Gasteiger partial charge in [-0.05, 0) is 24.3 Å². The molecule has 106 valence electrons. The van der Waals surface area contributed by atoms with E-state index in [1.807, 2.05) is 25.1 Å². The first-order valence-corrected chi connectivity index (χ1v) is 7.00. The van der Waals surface area contributed by atoms with E-state index in [1.165, 1.54) is 11.9 Å². The van der Waals surface area contributed by atoms with Crippen molar-refractivity contribution < 1.29 is 4.39 Å². The van der Waals surface area contributed by atoms with E-state index in [1.54, 1.807) is 0 Å². The van der Waals surface area contributed by atoms with E-state index in [0.29, 0.717) is 30.4 Å². The van der Waals surface area contributed by atoms with Crippen LogP contribution in [0.1, 0.15) is 37.4 Å². The lowest BCUT2D eigenvalue weighted by molar-refractivity contribution is 0.594. The van der Waals surface area contributed by atoms with Crippen LogP contribution in [-0.2, 0) is 6.42 Å². The van der Waals surface area contributed by atoms with Crippen LogP contribution in [0.15, 0.2) is 36.7 Å². The van der Waals surface area contributed by atoms with Crippen molar-refractivity contribution in [3.63, 3.8) is 0 Å². The van der Waals surface area contributed by atoms with E-state index in [2.05, 4.69) is 34.3 Å². The van der Waals surface area contributed by atoms with Gasteiger partial charge in [-0.15, -0.1) is 0 Å². The predicted octanol–water partition coefficient (Wildman–Crippen LogP) is 3.78. The molecule has 0 spiro atoms. The van der Waals surface area contributed by atoms with Crippen molar-refractivity contribution in [2.45, 2.75) is 32.6 Å². The number of aryl methyl sites for hydroxylation is 1. The van der Waals surface area contributed by atoms with Crippen LogP contribution in [0.5, 0.6) is 0 Å². The zero-order valence-electron chi connectivity index (χ0n) is 11.9. The van der Waals surface area contributed by atoms with E-state index in [-0.39, 0.29) is 5.82 Å². The summed E-state index contributed by atoms with van der Waals surface area (Å²) in [5, 5.41) is 3.06. The Morgan fingerprint density at radius 1 is 1.20 bits per heavy atom. The number of nitrogens with one attached hydrogen (secondary N) is 1. The van der Waals surface area contributed by atoms with Crippen LogP contribution in [0, 0.1) is 5.82 Å². The van der Waals surface area contributed by atoms with E-state index in [0.717, 1.165) is 6.42 Å². The van der Waals surface area contributed by atoms with Crippen molar-refractivity contribution in [2.24, 2.45) is 0 Å². The molecule has 3 nitrogen and oxygen atoms in total. The topological polar surface area (TPSA) is 37.8 Å². The second kappa shape index (κ2) is 6.98. The molecule has 0 saturated heterocycles. The summed E-state index contributed by atoms with van der Waals surface area (Å²) in [4.78, 5) is 7.88. The largest absolute Gasteiger partial charge is 0.368 e. The third-order valence-corrected chi connectivity index (χ3v) is 3.43. The van der Waals surface area contributed by atoms with Gasteiger partial charge in [0.1, 0.15) is 6.33 Å². The first-order chi connectivity index (χ1) is 9.72. The Morgan fingerprint density at radius 2 is 1.95 bits per heavy atom. The van der Waals surface area contributed by atoms with Gasteiger partial charge in [0, 0.05) is 6.54 Å². The van der Waals surface area contributed by atoms with Crippen molar-refractivity contribution in [2.75, 3.05) is 11.9 Å². The molecule has 4 heteroatoms. The molecule has 20 heavy (non-hydrogen) atoms. The average Bonchev–Trinajstić information content (AvgIpc) is 2.49. The summed E-state index contributed by atoms with van der Waals surface area (Å²) in [5.74, 6) is 0.402. The maximum atomic E-state index is 13.9. The zero-order chi connectivity index (χ0) is 14.4. The fourth-order valence-corrected chi connectivity index (χ4v) is 2.13. The second-order valence-corrected chi connectivity index (χ2v) is 4.86. The summed E-state index contributed by atoms with van der Waals surface area (Å²) in [6, 6.07) is 10.3. The SMILES string of the molecule is CCc1ncnc(NCCC(C)c2ccccc2)c1F. The molecule has 0 saturated carbocycles. The number of anilines is 1. The summed E-state index contributed by atoms with van der Waals surface area (Å²) < 4.78 is 13.9. The molecule has 1 aromatic carbocycles. The molecule has 0 fully saturated rings. The Hall–Kier alpha value is -1.97. The van der Waals surface area contributed by atoms with Gasteiger partial charge in [0.25, 0.3) is 0 Å². The predicted molar refractivity (Wildman–Crippen MR) is 79.3 cm³/mol. The minimum absolute atomic E-state index is 0.303. The van der Waals surface area contributed by atoms with Gasteiger partial charge >= 0.3 is 0 Å². The molecule has 0 aliphatic heterocycles. The maximum absolute atomic E-state index is 13.9. The molecule has 0 aliphatic carbocycles. The van der Waals surface area contributed by atoms with Gasteiger partial charge in [-0.1, -0.05) is 44.2 Å². The minimum Gasteiger partial charge on any atom is -0.368 e. The number of aromatic nitrogens is 2. The quantitative estimate of drug-likeness (QED) is 0.870. The Morgan fingerprint density at radius 3 is 2.65 bits per heavy atom. The summed E-state index contributed by atoms with van der Waals surface area (Å²) in [6.07, 6.45) is 2.91. The molecule has 1 aromatic heterocycles. The van der Waals surface area contributed by atoms with Crippen molar-refractivity contribution in [1.82, 2.24) is 9.97 Å². The monoisotopic (exact) mass is 273 g/mol. The second-order valence-electron chi connectivity index (χ2n) is 4.86. The molecule has 1 unspecified atom stereocenters. The standard InChI is InChI=1S/C16H20FN3/c1-3-14-15(17)16(20-11-19-14)18-10-9-12(2)13-7-5-4-6-8-13/h4-8,11-12H,3,9-10H2,1-2H3,(H,18,19,20). The normalized spacial score (nSPS) is 12.2. The van der Waals surface area contributed by atoms with E-state index >= 15 is 0 Å². The van der Waals surface area contributed by atoms with E-state index in [9.17, 15) is 4.39 Å². The minimum atomic E-state index is -0.331. The lowest BCUT2D eigenvalue weighted by Crippen LogP contribution is -2.10. The number of hydrogen-bond acceptors (Lipinski definition) is 3. The fraction of sp³-hybridized carbons (Fsp3) is 0.375. The Bertz CT molecular complexity index is 543. The molecule has 0 bridgehead atoms.